The van der Waals surface area contributed by atoms with Crippen LogP contribution in [0, 0.1) is 0 Å². The number of carbonyl (C=O) groups is 1. The van der Waals surface area contributed by atoms with Gasteiger partial charge in [0.15, 0.2) is 0 Å². The molecule has 0 saturated carbocycles. The maximum Gasteiger partial charge on any atom is 0.223 e. The third-order valence-electron chi connectivity index (χ3n) is 2.36. The predicted molar refractivity (Wildman–Crippen MR) is 69.4 cm³/mol. The highest BCUT2D eigenvalue weighted by atomic mass is 16.5. The minimum Gasteiger partial charge on any atom is -0.493 e. The van der Waals surface area contributed by atoms with Crippen LogP contribution in [0.3, 0.4) is 0 Å². The van der Waals surface area contributed by atoms with E-state index in [1.807, 2.05) is 30.3 Å². The lowest BCUT2D eigenvalue weighted by Gasteiger charge is -2.15. The first-order valence-electron chi connectivity index (χ1n) is 5.92. The number of hydrogen-bond acceptors (Lipinski definition) is 4. The van der Waals surface area contributed by atoms with Gasteiger partial charge in [0.2, 0.25) is 5.91 Å². The van der Waals surface area contributed by atoms with Crippen molar-refractivity contribution in [1.82, 2.24) is 5.32 Å². The molecule has 0 aromatic heterocycles. The number of nitrogens with one attached hydrogen (secondary N) is 1. The van der Waals surface area contributed by atoms with Gasteiger partial charge in [0, 0.05) is 13.7 Å². The van der Waals surface area contributed by atoms with Gasteiger partial charge >= 0.3 is 0 Å². The van der Waals surface area contributed by atoms with Crippen molar-refractivity contribution in [2.75, 3.05) is 26.9 Å². The molecule has 5 nitrogen and oxygen atoms in total. The first-order chi connectivity index (χ1) is 8.76. The molecule has 1 unspecified atom stereocenters. The van der Waals surface area contributed by atoms with Crippen molar-refractivity contribution >= 4 is 5.91 Å². The number of nitrogens with two attached hydrogens (primary N) is 1. The van der Waals surface area contributed by atoms with E-state index in [0.29, 0.717) is 26.2 Å². The van der Waals surface area contributed by atoms with E-state index in [9.17, 15) is 4.79 Å². The van der Waals surface area contributed by atoms with Crippen LogP contribution >= 0.6 is 0 Å². The van der Waals surface area contributed by atoms with Crippen molar-refractivity contribution < 1.29 is 14.3 Å². The number of amides is 1. The molecule has 1 atom stereocenters. The van der Waals surface area contributed by atoms with Crippen LogP contribution in [0.5, 0.6) is 5.75 Å². The quantitative estimate of drug-likeness (QED) is 0.708. The predicted octanol–water partition coefficient (Wildman–Crippen LogP) is 0.545. The van der Waals surface area contributed by atoms with E-state index < -0.39 is 0 Å². The molecule has 1 amide bonds. The average Bonchev–Trinajstić information content (AvgIpc) is 2.39. The molecular formula is C13H20N2O3. The fraction of sp³-hybridized carbons (Fsp3) is 0.462. The Hall–Kier alpha value is -1.59. The van der Waals surface area contributed by atoms with Gasteiger partial charge in [-0.1, -0.05) is 18.2 Å². The number of rotatable bonds is 8. The Bertz CT molecular complexity index is 343. The molecule has 100 valence electrons. The molecule has 0 heterocycles. The molecule has 0 bridgehead atoms. The largest absolute Gasteiger partial charge is 0.493 e. The molecule has 0 aliphatic rings. The van der Waals surface area contributed by atoms with Crippen LogP contribution in [-0.2, 0) is 9.53 Å². The van der Waals surface area contributed by atoms with Gasteiger partial charge in [0.05, 0.1) is 25.7 Å². The number of ether oxygens (including phenoxy) is 2. The van der Waals surface area contributed by atoms with E-state index in [1.165, 1.54) is 0 Å². The zero-order valence-electron chi connectivity index (χ0n) is 10.6. The van der Waals surface area contributed by atoms with Crippen LogP contribution in [-0.4, -0.2) is 38.8 Å². The normalized spacial score (nSPS) is 11.9. The number of carbonyl (C=O) groups excluding carboxylic acids is 1. The summed E-state index contributed by atoms with van der Waals surface area (Å²) in [6.45, 7) is 1.13. The minimum atomic E-state index is -0.140. The summed E-state index contributed by atoms with van der Waals surface area (Å²) in [5, 5.41) is 2.78. The fourth-order valence-corrected chi connectivity index (χ4v) is 1.45. The van der Waals surface area contributed by atoms with Crippen LogP contribution in [0.1, 0.15) is 6.42 Å². The van der Waals surface area contributed by atoms with E-state index in [2.05, 4.69) is 5.32 Å². The van der Waals surface area contributed by atoms with Gasteiger partial charge in [-0.25, -0.2) is 0 Å². The van der Waals surface area contributed by atoms with Crippen LogP contribution in [0.25, 0.3) is 0 Å². The summed E-state index contributed by atoms with van der Waals surface area (Å²) in [6, 6.07) is 9.25. The molecule has 0 radical (unpaired) electrons. The summed E-state index contributed by atoms with van der Waals surface area (Å²) >= 11 is 0. The molecule has 0 aliphatic carbocycles. The van der Waals surface area contributed by atoms with E-state index in [4.69, 9.17) is 15.2 Å². The zero-order valence-corrected chi connectivity index (χ0v) is 10.6. The summed E-state index contributed by atoms with van der Waals surface area (Å²) < 4.78 is 10.4. The number of benzene rings is 1. The van der Waals surface area contributed by atoms with E-state index >= 15 is 0 Å². The molecule has 0 fully saturated rings. The Morgan fingerprint density at radius 1 is 1.39 bits per heavy atom. The smallest absolute Gasteiger partial charge is 0.223 e. The average molecular weight is 252 g/mol. The van der Waals surface area contributed by atoms with Gasteiger partial charge in [-0.05, 0) is 12.1 Å². The maximum absolute atomic E-state index is 11.6. The summed E-state index contributed by atoms with van der Waals surface area (Å²) in [4.78, 5) is 11.6. The van der Waals surface area contributed by atoms with Crippen LogP contribution in [0.2, 0.25) is 0 Å². The second-order valence-electron chi connectivity index (χ2n) is 3.87. The molecule has 18 heavy (non-hydrogen) atoms. The third-order valence-corrected chi connectivity index (χ3v) is 2.36. The van der Waals surface area contributed by atoms with Gasteiger partial charge in [-0.3, -0.25) is 4.79 Å². The molecule has 1 aromatic rings. The maximum atomic E-state index is 11.6. The Morgan fingerprint density at radius 2 is 2.11 bits per heavy atom. The summed E-state index contributed by atoms with van der Waals surface area (Å²) in [5.41, 5.74) is 5.50. The molecular weight excluding hydrogens is 232 g/mol. The van der Waals surface area contributed by atoms with Gasteiger partial charge < -0.3 is 20.5 Å². The lowest BCUT2D eigenvalue weighted by atomic mass is 10.3. The van der Waals surface area contributed by atoms with E-state index in [0.717, 1.165) is 5.75 Å². The number of hydrogen-bond donors (Lipinski definition) is 2. The highest BCUT2D eigenvalue weighted by Gasteiger charge is 2.10. The SMILES string of the molecule is COCC(CN)NC(=O)CCOc1ccccc1. The third kappa shape index (κ3) is 5.65. The fourth-order valence-electron chi connectivity index (χ4n) is 1.45. The van der Waals surface area contributed by atoms with Crippen molar-refractivity contribution in [3.05, 3.63) is 30.3 Å². The van der Waals surface area contributed by atoms with Gasteiger partial charge in [0.1, 0.15) is 5.75 Å². The number of para-hydroxylation sites is 1. The topological polar surface area (TPSA) is 73.6 Å². The van der Waals surface area contributed by atoms with Crippen molar-refractivity contribution in [2.45, 2.75) is 12.5 Å². The van der Waals surface area contributed by atoms with E-state index in [1.54, 1.807) is 7.11 Å². The first-order valence-corrected chi connectivity index (χ1v) is 5.92. The molecule has 0 spiro atoms. The van der Waals surface area contributed by atoms with Crippen LogP contribution < -0.4 is 15.8 Å². The highest BCUT2D eigenvalue weighted by molar-refractivity contribution is 5.76. The van der Waals surface area contributed by atoms with Crippen LogP contribution in [0.4, 0.5) is 0 Å². The van der Waals surface area contributed by atoms with Crippen molar-refractivity contribution in [1.29, 1.82) is 0 Å². The molecule has 1 rings (SSSR count). The lowest BCUT2D eigenvalue weighted by Crippen LogP contribution is -2.43. The Morgan fingerprint density at radius 3 is 2.72 bits per heavy atom. The minimum absolute atomic E-state index is 0.0848. The molecule has 3 N–H and O–H groups in total. The molecule has 0 aliphatic heterocycles. The van der Waals surface area contributed by atoms with Crippen molar-refractivity contribution in [3.63, 3.8) is 0 Å². The highest BCUT2D eigenvalue weighted by Crippen LogP contribution is 2.08. The monoisotopic (exact) mass is 252 g/mol. The van der Waals surface area contributed by atoms with Gasteiger partial charge in [-0.2, -0.15) is 0 Å². The Labute approximate surface area is 107 Å². The van der Waals surface area contributed by atoms with Crippen LogP contribution in [0.15, 0.2) is 30.3 Å². The Balaban J connectivity index is 2.20. The standard InChI is InChI=1S/C13H20N2O3/c1-17-10-11(9-14)15-13(16)7-8-18-12-5-3-2-4-6-12/h2-6,11H,7-10,14H2,1H3,(H,15,16). The van der Waals surface area contributed by atoms with Crippen molar-refractivity contribution in [3.8, 4) is 5.75 Å². The lowest BCUT2D eigenvalue weighted by molar-refractivity contribution is -0.122. The first kappa shape index (κ1) is 14.5. The second kappa shape index (κ2) is 8.49. The van der Waals surface area contributed by atoms with Crippen molar-refractivity contribution in [2.24, 2.45) is 5.73 Å². The van der Waals surface area contributed by atoms with E-state index in [-0.39, 0.29) is 11.9 Å². The van der Waals surface area contributed by atoms with Gasteiger partial charge in [0.25, 0.3) is 0 Å². The summed E-state index contributed by atoms with van der Waals surface area (Å²) in [5.74, 6) is 0.677. The summed E-state index contributed by atoms with van der Waals surface area (Å²) in [7, 11) is 1.58. The second-order valence-corrected chi connectivity index (χ2v) is 3.87. The summed E-state index contributed by atoms with van der Waals surface area (Å²) in [6.07, 6.45) is 0.301. The molecule has 1 aromatic carbocycles. The zero-order chi connectivity index (χ0) is 13.2. The molecule has 0 saturated heterocycles. The Kier molecular flexibility index (Phi) is 6.83. The number of methoxy groups -OCH3 is 1. The van der Waals surface area contributed by atoms with Gasteiger partial charge in [-0.15, -0.1) is 0 Å². The molecule has 5 heteroatoms.